The van der Waals surface area contributed by atoms with E-state index in [1.807, 2.05) is 77.1 Å². The summed E-state index contributed by atoms with van der Waals surface area (Å²) in [5.41, 5.74) is 4.66. The first-order chi connectivity index (χ1) is 21.9. The third kappa shape index (κ3) is 8.56. The van der Waals surface area contributed by atoms with Crippen LogP contribution in [0.2, 0.25) is 5.02 Å². The first-order valence-corrected chi connectivity index (χ1v) is 17.3. The fraction of sp³-hybridized carbons (Fsp3) is 0.297. The van der Waals surface area contributed by atoms with E-state index in [9.17, 15) is 18.0 Å². The fourth-order valence-electron chi connectivity index (χ4n) is 5.05. The Hall–Kier alpha value is -4.14. The molecule has 46 heavy (non-hydrogen) atoms. The minimum Gasteiger partial charge on any atom is -0.352 e. The molecule has 0 aliphatic carbocycles. The molecule has 0 aliphatic rings. The topological polar surface area (TPSA) is 86.8 Å². The zero-order valence-corrected chi connectivity index (χ0v) is 28.6. The summed E-state index contributed by atoms with van der Waals surface area (Å²) in [4.78, 5) is 30.1. The summed E-state index contributed by atoms with van der Waals surface area (Å²) in [6.45, 7) is 9.09. The van der Waals surface area contributed by atoms with Gasteiger partial charge in [-0.3, -0.25) is 13.9 Å². The Morgan fingerprint density at radius 3 is 2.13 bits per heavy atom. The van der Waals surface area contributed by atoms with E-state index in [0.29, 0.717) is 22.7 Å². The predicted octanol–water partition coefficient (Wildman–Crippen LogP) is 7.02. The average molecular weight is 660 g/mol. The largest absolute Gasteiger partial charge is 0.352 e. The highest BCUT2D eigenvalue weighted by molar-refractivity contribution is 7.92. The van der Waals surface area contributed by atoms with E-state index in [1.54, 1.807) is 54.6 Å². The fourth-order valence-corrected chi connectivity index (χ4v) is 6.65. The molecule has 1 N–H and O–H groups in total. The minimum atomic E-state index is -4.18. The average Bonchev–Trinajstić information content (AvgIpc) is 3.04. The van der Waals surface area contributed by atoms with Crippen molar-refractivity contribution < 1.29 is 18.0 Å². The highest BCUT2D eigenvalue weighted by Crippen LogP contribution is 2.28. The summed E-state index contributed by atoms with van der Waals surface area (Å²) in [6, 6.07) is 27.4. The van der Waals surface area contributed by atoms with Crippen LogP contribution in [-0.2, 0) is 32.6 Å². The molecule has 0 radical (unpaired) electrons. The lowest BCUT2D eigenvalue weighted by Crippen LogP contribution is -2.54. The van der Waals surface area contributed by atoms with Crippen LogP contribution in [0.3, 0.4) is 0 Å². The number of carbonyl (C=O) groups excluding carboxylic acids is 2. The van der Waals surface area contributed by atoms with Gasteiger partial charge in [-0.15, -0.1) is 0 Å². The van der Waals surface area contributed by atoms with E-state index in [-0.39, 0.29) is 29.8 Å². The second kappa shape index (κ2) is 15.4. The van der Waals surface area contributed by atoms with Crippen LogP contribution in [0.1, 0.15) is 48.1 Å². The molecule has 0 aliphatic heterocycles. The number of carbonyl (C=O) groups is 2. The Kier molecular flexibility index (Phi) is 11.7. The lowest BCUT2D eigenvalue weighted by Gasteiger charge is -2.34. The van der Waals surface area contributed by atoms with Crippen molar-refractivity contribution in [1.82, 2.24) is 10.2 Å². The van der Waals surface area contributed by atoms with Crippen LogP contribution in [0.4, 0.5) is 5.69 Å². The second-order valence-electron chi connectivity index (χ2n) is 11.7. The molecule has 0 heterocycles. The first kappa shape index (κ1) is 34.7. The maximum absolute atomic E-state index is 14.6. The highest BCUT2D eigenvalue weighted by Gasteiger charge is 2.35. The number of amides is 2. The van der Waals surface area contributed by atoms with E-state index in [1.165, 1.54) is 4.90 Å². The molecule has 7 nitrogen and oxygen atoms in total. The summed E-state index contributed by atoms with van der Waals surface area (Å²) in [5, 5.41) is 3.49. The molecule has 0 spiro atoms. The van der Waals surface area contributed by atoms with Gasteiger partial charge in [0.05, 0.1) is 10.6 Å². The molecule has 0 fully saturated rings. The molecular formula is C37H42ClN3O4S. The van der Waals surface area contributed by atoms with Crippen molar-refractivity contribution in [3.05, 3.63) is 130 Å². The molecule has 0 unspecified atom stereocenters. The maximum atomic E-state index is 14.6. The highest BCUT2D eigenvalue weighted by atomic mass is 35.5. The molecule has 0 bridgehead atoms. The van der Waals surface area contributed by atoms with Crippen LogP contribution in [0.25, 0.3) is 0 Å². The van der Waals surface area contributed by atoms with Crippen LogP contribution in [-0.4, -0.2) is 43.8 Å². The van der Waals surface area contributed by atoms with Gasteiger partial charge < -0.3 is 10.2 Å². The standard InChI is InChI=1S/C37H42ClN3O4S/c1-6-29(5)39-37(43)35(23-30-12-8-7-9-13-30)40(24-31-14-10-11-15-34(31)38)36(42)25-41(32-19-18-27(3)28(4)22-32)46(44,45)33-20-16-26(2)17-21-33/h7-22,29,35H,6,23-25H2,1-5H3,(H,39,43)/t29-,35-/m0/s1. The molecule has 9 heteroatoms. The number of hydrogen-bond donors (Lipinski definition) is 1. The number of hydrogen-bond acceptors (Lipinski definition) is 4. The third-order valence-corrected chi connectivity index (χ3v) is 10.4. The van der Waals surface area contributed by atoms with Gasteiger partial charge in [-0.05, 0) is 86.7 Å². The summed E-state index contributed by atoms with van der Waals surface area (Å²) in [5.74, 6) is -0.855. The van der Waals surface area contributed by atoms with Gasteiger partial charge in [-0.1, -0.05) is 90.8 Å². The minimum absolute atomic E-state index is 0.00920. The molecule has 0 saturated heterocycles. The smallest absolute Gasteiger partial charge is 0.264 e. The van der Waals surface area contributed by atoms with Crippen molar-refractivity contribution in [2.24, 2.45) is 0 Å². The Labute approximate surface area is 278 Å². The number of rotatable bonds is 13. The van der Waals surface area contributed by atoms with E-state index < -0.39 is 28.5 Å². The molecular weight excluding hydrogens is 618 g/mol. The Bertz CT molecular complexity index is 1760. The lowest BCUT2D eigenvalue weighted by molar-refractivity contribution is -0.140. The van der Waals surface area contributed by atoms with Gasteiger partial charge in [0.15, 0.2) is 0 Å². The monoisotopic (exact) mass is 659 g/mol. The van der Waals surface area contributed by atoms with Gasteiger partial charge in [0.1, 0.15) is 12.6 Å². The SMILES string of the molecule is CC[C@H](C)NC(=O)[C@H](Cc1ccccc1)N(Cc1ccccc1Cl)C(=O)CN(c1ccc(C)c(C)c1)S(=O)(=O)c1ccc(C)cc1. The van der Waals surface area contributed by atoms with Crippen LogP contribution < -0.4 is 9.62 Å². The van der Waals surface area contributed by atoms with Crippen molar-refractivity contribution in [2.45, 2.75) is 71.0 Å². The second-order valence-corrected chi connectivity index (χ2v) is 14.0. The normalized spacial score (nSPS) is 12.7. The van der Waals surface area contributed by atoms with Gasteiger partial charge in [0.25, 0.3) is 10.0 Å². The van der Waals surface area contributed by atoms with E-state index in [4.69, 9.17) is 11.6 Å². The molecule has 4 aromatic rings. The zero-order valence-electron chi connectivity index (χ0n) is 27.0. The molecule has 0 saturated carbocycles. The molecule has 4 aromatic carbocycles. The number of halogens is 1. The Morgan fingerprint density at radius 2 is 1.50 bits per heavy atom. The third-order valence-electron chi connectivity index (χ3n) is 8.24. The summed E-state index contributed by atoms with van der Waals surface area (Å²) in [7, 11) is -4.18. The molecule has 2 amide bonds. The van der Waals surface area contributed by atoms with Gasteiger partial charge in [-0.2, -0.15) is 0 Å². The summed E-state index contributed by atoms with van der Waals surface area (Å²) < 4.78 is 29.6. The van der Waals surface area contributed by atoms with E-state index in [2.05, 4.69) is 5.32 Å². The summed E-state index contributed by atoms with van der Waals surface area (Å²) in [6.07, 6.45) is 0.936. The van der Waals surface area contributed by atoms with Crippen LogP contribution in [0.5, 0.6) is 0 Å². The zero-order chi connectivity index (χ0) is 33.4. The number of nitrogens with one attached hydrogen (secondary N) is 1. The van der Waals surface area contributed by atoms with Crippen LogP contribution in [0, 0.1) is 20.8 Å². The van der Waals surface area contributed by atoms with E-state index in [0.717, 1.165) is 26.6 Å². The predicted molar refractivity (Wildman–Crippen MR) is 185 cm³/mol. The molecule has 2 atom stereocenters. The van der Waals surface area contributed by atoms with Gasteiger partial charge in [0.2, 0.25) is 11.8 Å². The molecule has 4 rings (SSSR count). The van der Waals surface area contributed by atoms with Gasteiger partial charge >= 0.3 is 0 Å². The maximum Gasteiger partial charge on any atom is 0.264 e. The van der Waals surface area contributed by atoms with Crippen molar-refractivity contribution >= 4 is 39.1 Å². The summed E-state index contributed by atoms with van der Waals surface area (Å²) >= 11 is 6.58. The molecule has 242 valence electrons. The Balaban J connectivity index is 1.83. The van der Waals surface area contributed by atoms with Gasteiger partial charge in [0, 0.05) is 24.0 Å². The Morgan fingerprint density at radius 1 is 0.848 bits per heavy atom. The molecule has 0 aromatic heterocycles. The van der Waals surface area contributed by atoms with E-state index >= 15 is 0 Å². The number of nitrogens with zero attached hydrogens (tertiary/aromatic N) is 2. The number of benzene rings is 4. The lowest BCUT2D eigenvalue weighted by atomic mass is 10.0. The van der Waals surface area contributed by atoms with Crippen molar-refractivity contribution in [3.63, 3.8) is 0 Å². The van der Waals surface area contributed by atoms with Crippen molar-refractivity contribution in [2.75, 3.05) is 10.8 Å². The van der Waals surface area contributed by atoms with Gasteiger partial charge in [-0.25, -0.2) is 8.42 Å². The van der Waals surface area contributed by atoms with Crippen molar-refractivity contribution in [3.8, 4) is 0 Å². The van der Waals surface area contributed by atoms with Crippen LogP contribution in [0.15, 0.2) is 102 Å². The van der Waals surface area contributed by atoms with Crippen molar-refractivity contribution in [1.29, 1.82) is 0 Å². The quantitative estimate of drug-likeness (QED) is 0.167. The number of sulfonamides is 1. The number of anilines is 1. The van der Waals surface area contributed by atoms with Crippen LogP contribution >= 0.6 is 11.6 Å². The first-order valence-electron chi connectivity index (χ1n) is 15.4. The number of aryl methyl sites for hydroxylation is 3.